The molecular weight excluding hydrogens is 344 g/mol. The third-order valence-electron chi connectivity index (χ3n) is 3.36. The molecule has 1 N–H and O–H groups in total. The Balaban J connectivity index is 3.05. The van der Waals surface area contributed by atoms with Crippen molar-refractivity contribution in [2.24, 2.45) is 0 Å². The van der Waals surface area contributed by atoms with E-state index in [4.69, 9.17) is 4.74 Å². The maximum atomic E-state index is 12.4. The van der Waals surface area contributed by atoms with E-state index in [0.717, 1.165) is 4.31 Å². The Bertz CT molecular complexity index is 764. The molecule has 1 amide bonds. The lowest BCUT2D eigenvalue weighted by Gasteiger charge is -2.23. The van der Waals surface area contributed by atoms with Crippen molar-refractivity contribution in [1.29, 1.82) is 0 Å². The first-order valence-corrected chi connectivity index (χ1v) is 9.26. The minimum absolute atomic E-state index is 0.0122. The fourth-order valence-corrected chi connectivity index (χ4v) is 2.87. The first-order valence-electron chi connectivity index (χ1n) is 7.82. The zero-order valence-electron chi connectivity index (χ0n) is 15.7. The molecule has 0 saturated carbocycles. The molecule has 0 saturated heterocycles. The molecule has 0 unspecified atom stereocenters. The van der Waals surface area contributed by atoms with Crippen LogP contribution in [0.2, 0.25) is 0 Å². The number of rotatable bonds is 5. The van der Waals surface area contributed by atoms with Gasteiger partial charge in [0.05, 0.1) is 10.5 Å². The van der Waals surface area contributed by atoms with Crippen LogP contribution in [0.3, 0.4) is 0 Å². The molecule has 0 aliphatic heterocycles. The van der Waals surface area contributed by atoms with Crippen LogP contribution in [0.5, 0.6) is 0 Å². The van der Waals surface area contributed by atoms with E-state index in [2.05, 4.69) is 5.32 Å². The average Bonchev–Trinajstić information content (AvgIpc) is 2.45. The second kappa shape index (κ2) is 7.53. The second-order valence-corrected chi connectivity index (χ2v) is 9.20. The molecule has 0 spiro atoms. The first-order chi connectivity index (χ1) is 11.3. The van der Waals surface area contributed by atoms with Gasteiger partial charge in [-0.1, -0.05) is 6.07 Å². The smallest absolute Gasteiger partial charge is 0.339 e. The summed E-state index contributed by atoms with van der Waals surface area (Å²) in [6.45, 7) is 8.59. The van der Waals surface area contributed by atoms with Crippen molar-refractivity contribution in [1.82, 2.24) is 9.62 Å². The topological polar surface area (TPSA) is 92.8 Å². The highest BCUT2D eigenvalue weighted by atomic mass is 32.2. The number of hydrogen-bond donors (Lipinski definition) is 1. The van der Waals surface area contributed by atoms with E-state index in [0.29, 0.717) is 5.56 Å². The van der Waals surface area contributed by atoms with Crippen LogP contribution in [0.25, 0.3) is 0 Å². The molecule has 0 aromatic heterocycles. The minimum atomic E-state index is -3.67. The van der Waals surface area contributed by atoms with E-state index in [-0.39, 0.29) is 10.5 Å². The number of nitrogens with zero attached hydrogens (tertiary/aromatic N) is 1. The lowest BCUT2D eigenvalue weighted by molar-refractivity contribution is -0.130. The van der Waals surface area contributed by atoms with Gasteiger partial charge in [0.2, 0.25) is 10.0 Å². The fraction of sp³-hybridized carbons (Fsp3) is 0.529. The predicted octanol–water partition coefficient (Wildman–Crippen LogP) is 1.71. The molecule has 1 atom stereocenters. The van der Waals surface area contributed by atoms with Gasteiger partial charge in [-0.25, -0.2) is 17.5 Å². The van der Waals surface area contributed by atoms with E-state index in [1.807, 2.05) is 20.8 Å². The number of carbonyl (C=O) groups is 2. The van der Waals surface area contributed by atoms with Gasteiger partial charge in [0.25, 0.3) is 5.91 Å². The Morgan fingerprint density at radius 3 is 2.24 bits per heavy atom. The van der Waals surface area contributed by atoms with E-state index >= 15 is 0 Å². The summed E-state index contributed by atoms with van der Waals surface area (Å²) < 4.78 is 30.7. The van der Waals surface area contributed by atoms with Crippen LogP contribution in [0.1, 0.15) is 43.6 Å². The van der Waals surface area contributed by atoms with Crippen molar-refractivity contribution in [2.45, 2.75) is 51.2 Å². The molecule has 0 bridgehead atoms. The summed E-state index contributed by atoms with van der Waals surface area (Å²) in [6, 6.07) is 4.23. The first kappa shape index (κ1) is 21.1. The fourth-order valence-electron chi connectivity index (χ4n) is 1.94. The normalized spacial score (nSPS) is 13.4. The SMILES string of the molecule is Cc1ccc(S(=O)(=O)N(C)C)cc1C(=O)O[C@H](C)C(=O)NC(C)(C)C. The standard InChI is InChI=1S/C17H26N2O5S/c1-11-8-9-13(25(22,23)19(6)7)10-14(11)16(21)24-12(2)15(20)18-17(3,4)5/h8-10,12H,1-7H3,(H,18,20)/t12-/m1/s1. The van der Waals surface area contributed by atoms with Crippen molar-refractivity contribution in [3.8, 4) is 0 Å². The van der Waals surface area contributed by atoms with Crippen LogP contribution >= 0.6 is 0 Å². The Morgan fingerprint density at radius 2 is 1.76 bits per heavy atom. The Hall–Kier alpha value is -1.93. The molecular formula is C17H26N2O5S. The van der Waals surface area contributed by atoms with Gasteiger partial charge in [0, 0.05) is 19.6 Å². The van der Waals surface area contributed by atoms with Crippen molar-refractivity contribution >= 4 is 21.9 Å². The minimum Gasteiger partial charge on any atom is -0.449 e. The summed E-state index contributed by atoms with van der Waals surface area (Å²) in [5, 5.41) is 2.72. The van der Waals surface area contributed by atoms with Crippen molar-refractivity contribution in [3.63, 3.8) is 0 Å². The lowest BCUT2D eigenvalue weighted by Crippen LogP contribution is -2.46. The Labute approximate surface area is 149 Å². The number of amides is 1. The van der Waals surface area contributed by atoms with Crippen LogP contribution in [-0.2, 0) is 19.6 Å². The van der Waals surface area contributed by atoms with Gasteiger partial charge in [-0.2, -0.15) is 0 Å². The third kappa shape index (κ3) is 5.54. The van der Waals surface area contributed by atoms with Crippen LogP contribution in [-0.4, -0.2) is 50.3 Å². The molecule has 1 aromatic rings. The van der Waals surface area contributed by atoms with Crippen molar-refractivity contribution in [2.75, 3.05) is 14.1 Å². The highest BCUT2D eigenvalue weighted by Crippen LogP contribution is 2.19. The molecule has 7 nitrogen and oxygen atoms in total. The monoisotopic (exact) mass is 370 g/mol. The van der Waals surface area contributed by atoms with Gasteiger partial charge >= 0.3 is 5.97 Å². The van der Waals surface area contributed by atoms with E-state index in [1.54, 1.807) is 6.92 Å². The second-order valence-electron chi connectivity index (χ2n) is 7.05. The summed E-state index contributed by atoms with van der Waals surface area (Å²) in [6.07, 6.45) is -1.000. The largest absolute Gasteiger partial charge is 0.449 e. The summed E-state index contributed by atoms with van der Waals surface area (Å²) >= 11 is 0. The van der Waals surface area contributed by atoms with E-state index in [1.165, 1.54) is 39.2 Å². The highest BCUT2D eigenvalue weighted by molar-refractivity contribution is 7.89. The summed E-state index contributed by atoms with van der Waals surface area (Å²) in [5.41, 5.74) is 0.220. The molecule has 1 rings (SSSR count). The number of benzene rings is 1. The molecule has 0 aliphatic rings. The maximum Gasteiger partial charge on any atom is 0.339 e. The van der Waals surface area contributed by atoms with Crippen molar-refractivity contribution in [3.05, 3.63) is 29.3 Å². The van der Waals surface area contributed by atoms with E-state index < -0.39 is 33.5 Å². The van der Waals surface area contributed by atoms with Gasteiger partial charge in [-0.3, -0.25) is 4.79 Å². The number of ether oxygens (including phenoxy) is 1. The summed E-state index contributed by atoms with van der Waals surface area (Å²) in [7, 11) is -0.855. The van der Waals surface area contributed by atoms with Gasteiger partial charge in [0.15, 0.2) is 6.10 Å². The van der Waals surface area contributed by atoms with Gasteiger partial charge in [0.1, 0.15) is 0 Å². The zero-order chi connectivity index (χ0) is 19.6. The number of aryl methyl sites for hydroxylation is 1. The van der Waals surface area contributed by atoms with Crippen LogP contribution in [0.15, 0.2) is 23.1 Å². The molecule has 140 valence electrons. The van der Waals surface area contributed by atoms with Crippen LogP contribution in [0.4, 0.5) is 0 Å². The third-order valence-corrected chi connectivity index (χ3v) is 5.17. The summed E-state index contributed by atoms with van der Waals surface area (Å²) in [5.74, 6) is -1.17. The number of esters is 1. The number of hydrogen-bond acceptors (Lipinski definition) is 5. The number of nitrogens with one attached hydrogen (secondary N) is 1. The molecule has 0 aliphatic carbocycles. The van der Waals surface area contributed by atoms with Gasteiger partial charge in [-0.15, -0.1) is 0 Å². The van der Waals surface area contributed by atoms with Gasteiger partial charge < -0.3 is 10.1 Å². The zero-order valence-corrected chi connectivity index (χ0v) is 16.5. The number of sulfonamides is 1. The quantitative estimate of drug-likeness (QED) is 0.797. The number of carbonyl (C=O) groups excluding carboxylic acids is 2. The molecule has 0 fully saturated rings. The Morgan fingerprint density at radius 1 is 1.20 bits per heavy atom. The lowest BCUT2D eigenvalue weighted by atomic mass is 10.1. The highest BCUT2D eigenvalue weighted by Gasteiger charge is 2.25. The van der Waals surface area contributed by atoms with Crippen molar-refractivity contribution < 1.29 is 22.7 Å². The van der Waals surface area contributed by atoms with E-state index in [9.17, 15) is 18.0 Å². The summed E-state index contributed by atoms with van der Waals surface area (Å²) in [4.78, 5) is 24.4. The maximum absolute atomic E-state index is 12.4. The molecule has 0 radical (unpaired) electrons. The van der Waals surface area contributed by atoms with Crippen LogP contribution in [0, 0.1) is 6.92 Å². The predicted molar refractivity (Wildman–Crippen MR) is 94.8 cm³/mol. The molecule has 0 heterocycles. The molecule has 1 aromatic carbocycles. The average molecular weight is 370 g/mol. The molecule has 25 heavy (non-hydrogen) atoms. The Kier molecular flexibility index (Phi) is 6.36. The van der Waals surface area contributed by atoms with Gasteiger partial charge in [-0.05, 0) is 52.3 Å². The molecule has 8 heteroatoms. The van der Waals surface area contributed by atoms with Crippen LogP contribution < -0.4 is 5.32 Å².